The summed E-state index contributed by atoms with van der Waals surface area (Å²) in [6.07, 6.45) is 8.73. The number of methoxy groups -OCH3 is 1. The minimum absolute atomic E-state index is 0.0318. The minimum atomic E-state index is -0.613. The maximum Gasteiger partial charge on any atom is 0.248 e. The SMILES string of the molecule is COc1cc2c(cn1)C=C(C(=O)NC(CC1CC1)C(=O)CC(C#N)CC1CCCNC1=O)C2. The van der Waals surface area contributed by atoms with E-state index >= 15 is 0 Å². The molecule has 1 aromatic rings. The highest BCUT2D eigenvalue weighted by atomic mass is 16.5. The van der Waals surface area contributed by atoms with Crippen LogP contribution in [0.3, 0.4) is 0 Å². The molecule has 1 saturated carbocycles. The summed E-state index contributed by atoms with van der Waals surface area (Å²) < 4.78 is 5.16. The summed E-state index contributed by atoms with van der Waals surface area (Å²) >= 11 is 0. The van der Waals surface area contributed by atoms with Gasteiger partial charge in [0.05, 0.1) is 25.1 Å². The maximum atomic E-state index is 13.1. The third kappa shape index (κ3) is 5.78. The number of fused-ring (bicyclic) bond motifs is 1. The van der Waals surface area contributed by atoms with Crippen molar-refractivity contribution in [1.82, 2.24) is 15.6 Å². The van der Waals surface area contributed by atoms with Crippen LogP contribution in [0.1, 0.15) is 56.1 Å². The number of ether oxygens (including phenoxy) is 1. The molecule has 1 aliphatic heterocycles. The summed E-state index contributed by atoms with van der Waals surface area (Å²) in [5, 5.41) is 15.4. The third-order valence-corrected chi connectivity index (χ3v) is 6.77. The molecular weight excluding hydrogens is 420 g/mol. The largest absolute Gasteiger partial charge is 0.481 e. The lowest BCUT2D eigenvalue weighted by molar-refractivity contribution is -0.128. The monoisotopic (exact) mass is 450 g/mol. The highest BCUT2D eigenvalue weighted by Gasteiger charge is 2.34. The van der Waals surface area contributed by atoms with Crippen LogP contribution in [0.2, 0.25) is 0 Å². The van der Waals surface area contributed by atoms with E-state index in [0.717, 1.165) is 36.8 Å². The maximum absolute atomic E-state index is 13.1. The van der Waals surface area contributed by atoms with Gasteiger partial charge in [-0.25, -0.2) is 4.98 Å². The number of aromatic nitrogens is 1. The van der Waals surface area contributed by atoms with Crippen LogP contribution >= 0.6 is 0 Å². The molecule has 2 aliphatic carbocycles. The number of hydrogen-bond donors (Lipinski definition) is 2. The number of nitrogens with one attached hydrogen (secondary N) is 2. The molecule has 2 amide bonds. The predicted molar refractivity (Wildman–Crippen MR) is 121 cm³/mol. The summed E-state index contributed by atoms with van der Waals surface area (Å²) in [4.78, 5) is 42.4. The van der Waals surface area contributed by atoms with Crippen molar-refractivity contribution in [1.29, 1.82) is 5.26 Å². The molecule has 3 unspecified atom stereocenters. The Labute approximate surface area is 193 Å². The Morgan fingerprint density at radius 2 is 2.15 bits per heavy atom. The summed E-state index contributed by atoms with van der Waals surface area (Å²) in [5.74, 6) is -0.233. The number of carbonyl (C=O) groups is 3. The number of rotatable bonds is 10. The van der Waals surface area contributed by atoms with E-state index in [9.17, 15) is 19.6 Å². The van der Waals surface area contributed by atoms with Gasteiger partial charge in [0.2, 0.25) is 17.7 Å². The van der Waals surface area contributed by atoms with E-state index in [1.165, 1.54) is 0 Å². The van der Waals surface area contributed by atoms with E-state index in [2.05, 4.69) is 21.7 Å². The van der Waals surface area contributed by atoms with Gasteiger partial charge >= 0.3 is 0 Å². The average molecular weight is 451 g/mol. The first-order valence-electron chi connectivity index (χ1n) is 11.7. The van der Waals surface area contributed by atoms with Crippen molar-refractivity contribution in [3.05, 3.63) is 29.0 Å². The zero-order valence-corrected chi connectivity index (χ0v) is 18.9. The Morgan fingerprint density at radius 3 is 2.85 bits per heavy atom. The van der Waals surface area contributed by atoms with Crippen LogP contribution in [0.25, 0.3) is 6.08 Å². The van der Waals surface area contributed by atoms with Crippen LogP contribution in [-0.4, -0.2) is 42.3 Å². The summed E-state index contributed by atoms with van der Waals surface area (Å²) in [6, 6.07) is 3.42. The van der Waals surface area contributed by atoms with E-state index < -0.39 is 12.0 Å². The summed E-state index contributed by atoms with van der Waals surface area (Å²) in [5.41, 5.74) is 2.43. The Bertz CT molecular complexity index is 1010. The molecular formula is C25H30N4O4. The fourth-order valence-corrected chi connectivity index (χ4v) is 4.65. The average Bonchev–Trinajstić information content (AvgIpc) is 3.53. The molecule has 33 heavy (non-hydrogen) atoms. The van der Waals surface area contributed by atoms with Gasteiger partial charge in [-0.1, -0.05) is 12.8 Å². The van der Waals surface area contributed by atoms with E-state index in [4.69, 9.17) is 4.74 Å². The van der Waals surface area contributed by atoms with Gasteiger partial charge in [-0.2, -0.15) is 5.26 Å². The van der Waals surface area contributed by atoms with E-state index in [1.54, 1.807) is 19.4 Å². The zero-order chi connectivity index (χ0) is 23.4. The smallest absolute Gasteiger partial charge is 0.248 e. The van der Waals surface area contributed by atoms with Gasteiger partial charge in [0.1, 0.15) is 0 Å². The van der Waals surface area contributed by atoms with Crippen LogP contribution in [-0.2, 0) is 20.8 Å². The van der Waals surface area contributed by atoms with Crippen LogP contribution in [0.4, 0.5) is 0 Å². The number of carbonyl (C=O) groups excluding carboxylic acids is 3. The second-order valence-corrected chi connectivity index (χ2v) is 9.34. The Balaban J connectivity index is 1.38. The van der Waals surface area contributed by atoms with Gasteiger partial charge in [0.15, 0.2) is 5.78 Å². The van der Waals surface area contributed by atoms with E-state index in [1.807, 2.05) is 6.07 Å². The van der Waals surface area contributed by atoms with E-state index in [0.29, 0.717) is 43.2 Å². The molecule has 2 fully saturated rings. The van der Waals surface area contributed by atoms with Crippen LogP contribution in [0.15, 0.2) is 17.8 Å². The van der Waals surface area contributed by atoms with Gasteiger partial charge in [0.25, 0.3) is 0 Å². The molecule has 174 valence electrons. The normalized spacial score (nSPS) is 21.2. The second-order valence-electron chi connectivity index (χ2n) is 9.34. The van der Waals surface area contributed by atoms with Gasteiger partial charge in [-0.05, 0) is 48.8 Å². The summed E-state index contributed by atoms with van der Waals surface area (Å²) in [6.45, 7) is 0.670. The number of nitrogens with zero attached hydrogens (tertiary/aromatic N) is 2. The number of amides is 2. The Morgan fingerprint density at radius 1 is 1.33 bits per heavy atom. The number of nitriles is 1. The number of ketones is 1. The summed E-state index contributed by atoms with van der Waals surface area (Å²) in [7, 11) is 1.55. The first-order chi connectivity index (χ1) is 16.0. The second kappa shape index (κ2) is 10.2. The lowest BCUT2D eigenvalue weighted by atomic mass is 9.85. The Hall–Kier alpha value is -3.21. The minimum Gasteiger partial charge on any atom is -0.481 e. The van der Waals surface area contributed by atoms with Crippen molar-refractivity contribution in [3.63, 3.8) is 0 Å². The predicted octanol–water partition coefficient (Wildman–Crippen LogP) is 2.33. The van der Waals surface area contributed by atoms with E-state index in [-0.39, 0.29) is 29.9 Å². The number of hydrogen-bond acceptors (Lipinski definition) is 6. The molecule has 2 N–H and O–H groups in total. The first-order valence-corrected chi connectivity index (χ1v) is 11.7. The topological polar surface area (TPSA) is 121 Å². The van der Waals surface area contributed by atoms with Gasteiger partial charge < -0.3 is 15.4 Å². The lowest BCUT2D eigenvalue weighted by Gasteiger charge is -2.24. The fraction of sp³-hybridized carbons (Fsp3) is 0.560. The lowest BCUT2D eigenvalue weighted by Crippen LogP contribution is -2.43. The van der Waals surface area contributed by atoms with Crippen molar-refractivity contribution in [2.24, 2.45) is 17.8 Å². The fourth-order valence-electron chi connectivity index (χ4n) is 4.65. The van der Waals surface area contributed by atoms with Crippen molar-refractivity contribution in [2.75, 3.05) is 13.7 Å². The third-order valence-electron chi connectivity index (χ3n) is 6.77. The molecule has 2 heterocycles. The van der Waals surface area contributed by atoms with Crippen molar-refractivity contribution in [2.45, 2.75) is 57.4 Å². The Kier molecular flexibility index (Phi) is 7.07. The van der Waals surface area contributed by atoms with Crippen molar-refractivity contribution < 1.29 is 19.1 Å². The number of Topliss-reactive ketones (excluding diaryl/α,β-unsaturated/α-hetero) is 1. The molecule has 0 bridgehead atoms. The number of pyridine rings is 1. The molecule has 3 atom stereocenters. The molecule has 0 aromatic carbocycles. The molecule has 0 spiro atoms. The van der Waals surface area contributed by atoms with Crippen LogP contribution in [0, 0.1) is 29.1 Å². The van der Waals surface area contributed by atoms with Gasteiger partial charge in [0, 0.05) is 43.1 Å². The highest BCUT2D eigenvalue weighted by molar-refractivity contribution is 6.02. The molecule has 3 aliphatic rings. The molecule has 8 heteroatoms. The molecule has 4 rings (SSSR count). The van der Waals surface area contributed by atoms with Crippen molar-refractivity contribution >= 4 is 23.7 Å². The quantitative estimate of drug-likeness (QED) is 0.564. The van der Waals surface area contributed by atoms with Crippen molar-refractivity contribution in [3.8, 4) is 11.9 Å². The first kappa shape index (κ1) is 23.0. The van der Waals surface area contributed by atoms with Gasteiger partial charge in [-0.3, -0.25) is 14.4 Å². The van der Waals surface area contributed by atoms with Crippen LogP contribution < -0.4 is 15.4 Å². The standard InChI is InChI=1S/C25H30N4O4/c1-33-23-12-18-10-19(11-20(18)14-28-23)25(32)29-21(8-15-4-5-15)22(30)9-16(13-26)7-17-3-2-6-27-24(17)31/h11-12,14-17,21H,2-10H2,1H3,(H,27,31)(H,29,32). The molecule has 0 radical (unpaired) electrons. The molecule has 1 aromatic heterocycles. The highest BCUT2D eigenvalue weighted by Crippen LogP contribution is 2.35. The zero-order valence-electron chi connectivity index (χ0n) is 18.9. The van der Waals surface area contributed by atoms with Gasteiger partial charge in [-0.15, -0.1) is 0 Å². The molecule has 8 nitrogen and oxygen atoms in total. The van der Waals surface area contributed by atoms with Crippen LogP contribution in [0.5, 0.6) is 5.88 Å². The number of piperidine rings is 1. The molecule has 1 saturated heterocycles.